The second-order valence-corrected chi connectivity index (χ2v) is 7.93. The molecule has 0 aliphatic carbocycles. The number of carbonyl (C=O) groups excluding carboxylic acids is 2. The number of hydrogen-bond donors (Lipinski definition) is 2. The normalized spacial score (nSPS) is 11.0. The number of hydrogen-bond acceptors (Lipinski definition) is 3. The molecule has 0 aliphatic rings. The lowest BCUT2D eigenvalue weighted by Gasteiger charge is -2.10. The highest BCUT2D eigenvalue weighted by atomic mass is 35.5. The molecule has 1 heterocycles. The van der Waals surface area contributed by atoms with E-state index in [-0.39, 0.29) is 17.7 Å². The topological polar surface area (TPSA) is 58.2 Å². The van der Waals surface area contributed by atoms with Crippen LogP contribution in [-0.2, 0) is 4.79 Å². The molecule has 2 aromatic carbocycles. The number of fused-ring (bicyclic) bond motifs is 1. The summed E-state index contributed by atoms with van der Waals surface area (Å²) in [7, 11) is 0. The van der Waals surface area contributed by atoms with Crippen LogP contribution in [0.1, 0.15) is 23.5 Å². The van der Waals surface area contributed by atoms with Crippen LogP contribution >= 0.6 is 34.5 Å². The molecule has 3 rings (SSSR count). The maximum absolute atomic E-state index is 12.6. The molecular weight excluding hydrogens is 391 g/mol. The second kappa shape index (κ2) is 7.66. The summed E-state index contributed by atoms with van der Waals surface area (Å²) >= 11 is 13.6. The van der Waals surface area contributed by atoms with Crippen molar-refractivity contribution in [2.24, 2.45) is 5.92 Å². The minimum atomic E-state index is -0.306. The van der Waals surface area contributed by atoms with E-state index in [2.05, 4.69) is 10.6 Å². The van der Waals surface area contributed by atoms with Crippen molar-refractivity contribution in [3.63, 3.8) is 0 Å². The van der Waals surface area contributed by atoms with Gasteiger partial charge in [0.15, 0.2) is 0 Å². The first-order valence-corrected chi connectivity index (χ1v) is 9.52. The summed E-state index contributed by atoms with van der Waals surface area (Å²) in [6, 6.07) is 12.3. The number of rotatable bonds is 4. The zero-order valence-corrected chi connectivity index (χ0v) is 16.4. The van der Waals surface area contributed by atoms with E-state index in [1.807, 2.05) is 13.8 Å². The fourth-order valence-corrected chi connectivity index (χ4v) is 4.02. The summed E-state index contributed by atoms with van der Waals surface area (Å²) in [6.45, 7) is 3.63. The number of halogens is 2. The highest BCUT2D eigenvalue weighted by Gasteiger charge is 2.18. The highest BCUT2D eigenvalue weighted by Crippen LogP contribution is 2.37. The molecule has 26 heavy (non-hydrogen) atoms. The van der Waals surface area contributed by atoms with Crippen LogP contribution in [0.3, 0.4) is 0 Å². The van der Waals surface area contributed by atoms with Crippen molar-refractivity contribution in [3.8, 4) is 0 Å². The lowest BCUT2D eigenvalue weighted by atomic mass is 10.2. The number of amides is 2. The van der Waals surface area contributed by atoms with Gasteiger partial charge in [-0.25, -0.2) is 0 Å². The Morgan fingerprint density at radius 2 is 1.69 bits per heavy atom. The average Bonchev–Trinajstić information content (AvgIpc) is 2.91. The van der Waals surface area contributed by atoms with Crippen LogP contribution in [0, 0.1) is 5.92 Å². The molecule has 2 N–H and O–H groups in total. The minimum Gasteiger partial charge on any atom is -0.326 e. The molecular formula is C19H16Cl2N2O2S. The first kappa shape index (κ1) is 18.7. The lowest BCUT2D eigenvalue weighted by Crippen LogP contribution is -2.18. The summed E-state index contributed by atoms with van der Waals surface area (Å²) in [6.07, 6.45) is 0. The second-order valence-electron chi connectivity index (χ2n) is 6.06. The SMILES string of the molecule is CC(C)C(=O)Nc1cccc(NC(=O)c2sc3cc(Cl)ccc3c2Cl)c1. The Morgan fingerprint density at radius 3 is 2.38 bits per heavy atom. The van der Waals surface area contributed by atoms with Crippen molar-refractivity contribution in [2.45, 2.75) is 13.8 Å². The van der Waals surface area contributed by atoms with Gasteiger partial charge in [0, 0.05) is 32.4 Å². The Balaban J connectivity index is 1.82. The third-order valence-electron chi connectivity index (χ3n) is 3.71. The van der Waals surface area contributed by atoms with Crippen molar-refractivity contribution >= 4 is 67.8 Å². The van der Waals surface area contributed by atoms with Crippen molar-refractivity contribution in [1.82, 2.24) is 0 Å². The van der Waals surface area contributed by atoms with Crippen LogP contribution in [0.4, 0.5) is 11.4 Å². The molecule has 7 heteroatoms. The van der Waals surface area contributed by atoms with Crippen molar-refractivity contribution < 1.29 is 9.59 Å². The third-order valence-corrected chi connectivity index (χ3v) is 5.60. The Morgan fingerprint density at radius 1 is 1.00 bits per heavy atom. The first-order chi connectivity index (χ1) is 12.3. The number of benzene rings is 2. The monoisotopic (exact) mass is 406 g/mol. The van der Waals surface area contributed by atoms with Crippen molar-refractivity contribution in [2.75, 3.05) is 10.6 Å². The quantitative estimate of drug-likeness (QED) is 0.553. The van der Waals surface area contributed by atoms with Gasteiger partial charge in [-0.1, -0.05) is 49.2 Å². The van der Waals surface area contributed by atoms with Gasteiger partial charge in [0.1, 0.15) is 4.88 Å². The molecule has 0 saturated carbocycles. The molecule has 0 spiro atoms. The fraction of sp³-hybridized carbons (Fsp3) is 0.158. The smallest absolute Gasteiger partial charge is 0.267 e. The molecule has 4 nitrogen and oxygen atoms in total. The van der Waals surface area contributed by atoms with E-state index in [0.717, 1.165) is 10.1 Å². The number of nitrogens with one attached hydrogen (secondary N) is 2. The van der Waals surface area contributed by atoms with Gasteiger partial charge in [0.25, 0.3) is 5.91 Å². The first-order valence-electron chi connectivity index (χ1n) is 7.95. The summed E-state index contributed by atoms with van der Waals surface area (Å²) < 4.78 is 0.852. The third kappa shape index (κ3) is 4.01. The van der Waals surface area contributed by atoms with Crippen LogP contribution in [0.15, 0.2) is 42.5 Å². The van der Waals surface area contributed by atoms with E-state index in [0.29, 0.717) is 26.3 Å². The number of thiophene rings is 1. The van der Waals surface area contributed by atoms with Crippen LogP contribution in [0.25, 0.3) is 10.1 Å². The molecule has 0 saturated heterocycles. The van der Waals surface area contributed by atoms with E-state index in [9.17, 15) is 9.59 Å². The zero-order valence-electron chi connectivity index (χ0n) is 14.1. The molecule has 134 valence electrons. The van der Waals surface area contributed by atoms with Crippen molar-refractivity contribution in [1.29, 1.82) is 0 Å². The van der Waals surface area contributed by atoms with Gasteiger partial charge in [-0.15, -0.1) is 11.3 Å². The average molecular weight is 407 g/mol. The molecule has 0 atom stereocenters. The van der Waals surface area contributed by atoms with Gasteiger partial charge < -0.3 is 10.6 Å². The van der Waals surface area contributed by atoms with Crippen LogP contribution in [0.5, 0.6) is 0 Å². The molecule has 0 fully saturated rings. The molecule has 3 aromatic rings. The molecule has 1 aromatic heterocycles. The highest BCUT2D eigenvalue weighted by molar-refractivity contribution is 7.21. The number of carbonyl (C=O) groups is 2. The molecule has 2 amide bonds. The van der Waals surface area contributed by atoms with Crippen LogP contribution in [-0.4, -0.2) is 11.8 Å². The fourth-order valence-electron chi connectivity index (χ4n) is 2.33. The van der Waals surface area contributed by atoms with Crippen molar-refractivity contribution in [3.05, 3.63) is 57.4 Å². The molecule has 0 unspecified atom stereocenters. The maximum Gasteiger partial charge on any atom is 0.267 e. The molecule has 0 bridgehead atoms. The van der Waals surface area contributed by atoms with E-state index in [1.165, 1.54) is 11.3 Å². The largest absolute Gasteiger partial charge is 0.326 e. The molecule has 0 aliphatic heterocycles. The summed E-state index contributed by atoms with van der Waals surface area (Å²) in [4.78, 5) is 24.9. The molecule has 0 radical (unpaired) electrons. The van der Waals surface area contributed by atoms with E-state index in [4.69, 9.17) is 23.2 Å². The van der Waals surface area contributed by atoms with Gasteiger partial charge in [0.2, 0.25) is 5.91 Å². The van der Waals surface area contributed by atoms with E-state index >= 15 is 0 Å². The van der Waals surface area contributed by atoms with Gasteiger partial charge >= 0.3 is 0 Å². The lowest BCUT2D eigenvalue weighted by molar-refractivity contribution is -0.118. The van der Waals surface area contributed by atoms with Gasteiger partial charge in [-0.3, -0.25) is 9.59 Å². The Kier molecular flexibility index (Phi) is 5.51. The summed E-state index contributed by atoms with van der Waals surface area (Å²) in [5.41, 5.74) is 1.19. The maximum atomic E-state index is 12.6. The standard InChI is InChI=1S/C19H16Cl2N2O2S/c1-10(2)18(24)22-12-4-3-5-13(9-12)23-19(25)17-16(21)14-7-6-11(20)8-15(14)26-17/h3-10H,1-2H3,(H,22,24)(H,23,25). The minimum absolute atomic E-state index is 0.0853. The predicted octanol–water partition coefficient (Wildman–Crippen LogP) is 6.05. The Bertz CT molecular complexity index is 998. The summed E-state index contributed by atoms with van der Waals surface area (Å²) in [5.74, 6) is -0.519. The number of anilines is 2. The van der Waals surface area contributed by atoms with Gasteiger partial charge in [0.05, 0.1) is 5.02 Å². The van der Waals surface area contributed by atoms with Crippen LogP contribution < -0.4 is 10.6 Å². The summed E-state index contributed by atoms with van der Waals surface area (Å²) in [5, 5.41) is 7.42. The predicted molar refractivity (Wildman–Crippen MR) is 110 cm³/mol. The van der Waals surface area contributed by atoms with E-state index < -0.39 is 0 Å². The van der Waals surface area contributed by atoms with Gasteiger partial charge in [-0.05, 0) is 30.3 Å². The van der Waals surface area contributed by atoms with E-state index in [1.54, 1.807) is 42.5 Å². The van der Waals surface area contributed by atoms with Crippen LogP contribution in [0.2, 0.25) is 10.0 Å². The zero-order chi connectivity index (χ0) is 18.8. The Hall–Kier alpha value is -2.08. The van der Waals surface area contributed by atoms with Gasteiger partial charge in [-0.2, -0.15) is 0 Å². The Labute approximate surface area is 165 Å².